The fourth-order valence-corrected chi connectivity index (χ4v) is 6.42. The number of carbonyl (C=O) groups is 2. The number of esters is 1. The van der Waals surface area contributed by atoms with Crippen molar-refractivity contribution in [3.8, 4) is 0 Å². The fourth-order valence-electron chi connectivity index (χ4n) is 6.42. The van der Waals surface area contributed by atoms with Crippen LogP contribution in [-0.2, 0) is 22.6 Å². The largest absolute Gasteiger partial charge is 0.452 e. The molecule has 0 spiro atoms. The summed E-state index contributed by atoms with van der Waals surface area (Å²) < 4.78 is 15.1. The Morgan fingerprint density at radius 3 is 1.94 bits per heavy atom. The van der Waals surface area contributed by atoms with Crippen molar-refractivity contribution in [1.82, 2.24) is 24.4 Å². The number of amides is 1. The van der Waals surface area contributed by atoms with Gasteiger partial charge in [0.25, 0.3) is 5.91 Å². The zero-order valence-electron chi connectivity index (χ0n) is 27.0. The van der Waals surface area contributed by atoms with E-state index in [0.29, 0.717) is 41.8 Å². The molecular weight excluding hydrogens is 616 g/mol. The summed E-state index contributed by atoms with van der Waals surface area (Å²) >= 11 is 0. The molecule has 1 N–H and O–H groups in total. The van der Waals surface area contributed by atoms with E-state index in [1.807, 2.05) is 60.7 Å². The lowest BCUT2D eigenvalue weighted by Crippen LogP contribution is -2.48. The molecule has 1 aliphatic heterocycles. The van der Waals surface area contributed by atoms with Gasteiger partial charge in [-0.15, -0.1) is 0 Å². The number of nitrogens with zero attached hydrogens (tertiary/aromatic N) is 5. The van der Waals surface area contributed by atoms with Gasteiger partial charge in [0.1, 0.15) is 6.33 Å². The van der Waals surface area contributed by atoms with Crippen LogP contribution in [0, 0.1) is 0 Å². The third-order valence-electron chi connectivity index (χ3n) is 8.75. The first-order valence-corrected chi connectivity index (χ1v) is 16.4. The van der Waals surface area contributed by atoms with E-state index in [9.17, 15) is 9.59 Å². The van der Waals surface area contributed by atoms with Gasteiger partial charge in [-0.25, -0.2) is 19.7 Å². The van der Waals surface area contributed by atoms with E-state index in [-0.39, 0.29) is 23.9 Å². The number of hydrogen-bond acceptors (Lipinski definition) is 8. The minimum absolute atomic E-state index is 0.270. The highest BCUT2D eigenvalue weighted by molar-refractivity contribution is 6.06. The van der Waals surface area contributed by atoms with Crippen LogP contribution in [0.5, 0.6) is 0 Å². The molecule has 0 saturated carbocycles. The van der Waals surface area contributed by atoms with Crippen LogP contribution < -0.4 is 5.32 Å². The molecule has 3 heterocycles. The quantitative estimate of drug-likeness (QED) is 0.154. The summed E-state index contributed by atoms with van der Waals surface area (Å²) in [5.74, 6) is -0.493. The predicted molar refractivity (Wildman–Crippen MR) is 185 cm³/mol. The monoisotopic (exact) mass is 652 g/mol. The van der Waals surface area contributed by atoms with Gasteiger partial charge in [-0.05, 0) is 41.8 Å². The Morgan fingerprint density at radius 2 is 1.35 bits per heavy atom. The summed E-state index contributed by atoms with van der Waals surface area (Å²) in [6, 6.07) is 38.1. The van der Waals surface area contributed by atoms with E-state index in [1.165, 1.54) is 6.33 Å². The summed E-state index contributed by atoms with van der Waals surface area (Å²) in [4.78, 5) is 42.7. The molecule has 6 aromatic rings. The number of fused-ring (bicyclic) bond motifs is 1. The van der Waals surface area contributed by atoms with Gasteiger partial charge in [-0.3, -0.25) is 14.3 Å². The van der Waals surface area contributed by atoms with Crippen molar-refractivity contribution >= 4 is 28.9 Å². The molecule has 1 aliphatic rings. The summed E-state index contributed by atoms with van der Waals surface area (Å²) in [6.45, 7) is 3.29. The number of imidazole rings is 1. The minimum atomic E-state index is -0.769. The molecule has 1 fully saturated rings. The summed E-state index contributed by atoms with van der Waals surface area (Å²) in [6.07, 6.45) is 1.84. The Hall–Kier alpha value is -5.71. The molecule has 49 heavy (non-hydrogen) atoms. The summed E-state index contributed by atoms with van der Waals surface area (Å²) in [5, 5.41) is 2.87. The highest BCUT2D eigenvalue weighted by Crippen LogP contribution is 2.39. The Bertz CT molecular complexity index is 1970. The number of ether oxygens (including phenoxy) is 2. The third kappa shape index (κ3) is 6.96. The molecule has 4 atom stereocenters. The number of hydrogen-bond donors (Lipinski definition) is 1. The average Bonchev–Trinajstić information content (AvgIpc) is 3.74. The van der Waals surface area contributed by atoms with Crippen LogP contribution in [0.2, 0.25) is 0 Å². The highest BCUT2D eigenvalue weighted by atomic mass is 16.6. The Labute approximate surface area is 284 Å². The van der Waals surface area contributed by atoms with Gasteiger partial charge >= 0.3 is 5.97 Å². The number of carbonyl (C=O) groups excluding carboxylic acids is 2. The maximum atomic E-state index is 13.8. The van der Waals surface area contributed by atoms with Crippen LogP contribution in [0.3, 0.4) is 0 Å². The number of rotatable bonds is 11. The summed E-state index contributed by atoms with van der Waals surface area (Å²) in [5.41, 5.74) is 4.03. The van der Waals surface area contributed by atoms with Crippen LogP contribution in [0.15, 0.2) is 134 Å². The fraction of sp³-hybridized carbons (Fsp3) is 0.205. The number of nitrogens with one attached hydrogen (secondary N) is 1. The van der Waals surface area contributed by atoms with Gasteiger partial charge in [0, 0.05) is 18.7 Å². The SMILES string of the molecule is CC[C@H]1O[C@@H](n2cnc3c(NC(=O)c4ccccc4)ncnc32)C(OC(=O)c2ccccc2)[C@H]1N(Cc1ccccc1)Cc1ccccc1. The summed E-state index contributed by atoms with van der Waals surface area (Å²) in [7, 11) is 0. The van der Waals surface area contributed by atoms with Gasteiger partial charge in [0.15, 0.2) is 29.3 Å². The normalized spacial score (nSPS) is 18.8. The number of anilines is 1. The molecule has 1 unspecified atom stereocenters. The van der Waals surface area contributed by atoms with Crippen LogP contribution in [-0.4, -0.2) is 54.5 Å². The molecular formula is C39H36N6O4. The van der Waals surface area contributed by atoms with Gasteiger partial charge in [-0.2, -0.15) is 0 Å². The highest BCUT2D eigenvalue weighted by Gasteiger charge is 2.50. The molecule has 10 heteroatoms. The number of benzene rings is 4. The van der Waals surface area contributed by atoms with E-state index in [0.717, 1.165) is 11.1 Å². The standard InChI is InChI=1S/C39H36N6O4/c1-2-31-33(44(23-27-15-7-3-8-16-27)24-28-17-9-4-10-18-28)34(49-39(47)30-21-13-6-14-22-30)38(48-31)45-26-42-32-35(40-25-41-36(32)45)43-37(46)29-19-11-5-12-20-29/h3-22,25-26,31,33-34,38H,2,23-24H2,1H3,(H,40,41,43,46)/t31-,33+,34?,38-/m1/s1. The lowest BCUT2D eigenvalue weighted by molar-refractivity contribution is -0.0473. The van der Waals surface area contributed by atoms with Crippen molar-refractivity contribution in [2.24, 2.45) is 0 Å². The average molecular weight is 653 g/mol. The van der Waals surface area contributed by atoms with Gasteiger partial charge in [-0.1, -0.05) is 104 Å². The first-order chi connectivity index (χ1) is 24.1. The van der Waals surface area contributed by atoms with Crippen molar-refractivity contribution in [2.45, 2.75) is 50.9 Å². The minimum Gasteiger partial charge on any atom is -0.452 e. The Morgan fingerprint density at radius 1 is 0.776 bits per heavy atom. The molecule has 0 radical (unpaired) electrons. The maximum Gasteiger partial charge on any atom is 0.338 e. The van der Waals surface area contributed by atoms with Crippen molar-refractivity contribution in [2.75, 3.05) is 5.32 Å². The van der Waals surface area contributed by atoms with Gasteiger partial charge in [0.2, 0.25) is 0 Å². The van der Waals surface area contributed by atoms with Crippen molar-refractivity contribution in [3.05, 3.63) is 156 Å². The maximum absolute atomic E-state index is 13.8. The second kappa shape index (κ2) is 14.6. The smallest absolute Gasteiger partial charge is 0.338 e. The van der Waals surface area contributed by atoms with E-state index in [2.05, 4.69) is 56.4 Å². The lowest BCUT2D eigenvalue weighted by atomic mass is 10.00. The van der Waals surface area contributed by atoms with Crippen LogP contribution >= 0.6 is 0 Å². The molecule has 246 valence electrons. The van der Waals surface area contributed by atoms with Crippen LogP contribution in [0.4, 0.5) is 5.82 Å². The predicted octanol–water partition coefficient (Wildman–Crippen LogP) is 6.68. The van der Waals surface area contributed by atoms with E-state index >= 15 is 0 Å². The topological polar surface area (TPSA) is 111 Å². The van der Waals surface area contributed by atoms with E-state index in [4.69, 9.17) is 9.47 Å². The first kappa shape index (κ1) is 31.9. The van der Waals surface area contributed by atoms with Crippen molar-refractivity contribution in [1.29, 1.82) is 0 Å². The molecule has 2 aromatic heterocycles. The second-order valence-corrected chi connectivity index (χ2v) is 11.9. The first-order valence-electron chi connectivity index (χ1n) is 16.4. The third-order valence-corrected chi connectivity index (χ3v) is 8.75. The van der Waals surface area contributed by atoms with Crippen molar-refractivity contribution < 1.29 is 19.1 Å². The Kier molecular flexibility index (Phi) is 9.49. The molecule has 4 aromatic carbocycles. The molecule has 1 saturated heterocycles. The molecule has 0 bridgehead atoms. The zero-order valence-corrected chi connectivity index (χ0v) is 27.0. The molecule has 1 amide bonds. The number of aromatic nitrogens is 4. The van der Waals surface area contributed by atoms with E-state index < -0.39 is 18.3 Å². The van der Waals surface area contributed by atoms with Gasteiger partial charge in [0.05, 0.1) is 24.0 Å². The molecule has 0 aliphatic carbocycles. The zero-order chi connectivity index (χ0) is 33.6. The molecule has 7 rings (SSSR count). The van der Waals surface area contributed by atoms with Crippen LogP contribution in [0.25, 0.3) is 11.2 Å². The Balaban J connectivity index is 1.29. The van der Waals surface area contributed by atoms with Gasteiger partial charge < -0.3 is 14.8 Å². The van der Waals surface area contributed by atoms with Crippen molar-refractivity contribution in [3.63, 3.8) is 0 Å². The molecule has 10 nitrogen and oxygen atoms in total. The van der Waals surface area contributed by atoms with Crippen LogP contribution in [0.1, 0.15) is 51.4 Å². The second-order valence-electron chi connectivity index (χ2n) is 11.9. The van der Waals surface area contributed by atoms with E-state index in [1.54, 1.807) is 47.3 Å². The lowest BCUT2D eigenvalue weighted by Gasteiger charge is -2.35.